The summed E-state index contributed by atoms with van der Waals surface area (Å²) in [6, 6.07) is 0. The van der Waals surface area contributed by atoms with Crippen LogP contribution < -0.4 is 5.32 Å². The Labute approximate surface area is 68.7 Å². The molecule has 0 aliphatic heterocycles. The summed E-state index contributed by atoms with van der Waals surface area (Å²) >= 11 is 0. The monoisotopic (exact) mass is 155 g/mol. The maximum Gasteiger partial charge on any atom is 0.243 e. The highest BCUT2D eigenvalue weighted by atomic mass is 16.1. The normalized spacial score (nSPS) is 10.8. The van der Waals surface area contributed by atoms with Crippen LogP contribution in [0.25, 0.3) is 0 Å². The molecule has 1 N–H and O–H groups in total. The summed E-state index contributed by atoms with van der Waals surface area (Å²) in [4.78, 5) is 10.9. The maximum absolute atomic E-state index is 10.9. The van der Waals surface area contributed by atoms with Gasteiger partial charge in [-0.1, -0.05) is 19.9 Å². The molecule has 0 heterocycles. The van der Waals surface area contributed by atoms with E-state index in [1.807, 2.05) is 13.8 Å². The van der Waals surface area contributed by atoms with E-state index >= 15 is 0 Å². The predicted octanol–water partition coefficient (Wildman–Crippen LogP) is 1.87. The lowest BCUT2D eigenvalue weighted by molar-refractivity contribution is -0.118. The van der Waals surface area contributed by atoms with Crippen molar-refractivity contribution in [2.24, 2.45) is 0 Å². The van der Waals surface area contributed by atoms with Crippen molar-refractivity contribution in [3.8, 4) is 0 Å². The zero-order chi connectivity index (χ0) is 8.91. The second-order valence-corrected chi connectivity index (χ2v) is 3.33. The Morgan fingerprint density at radius 1 is 1.64 bits per heavy atom. The van der Waals surface area contributed by atoms with Crippen molar-refractivity contribution in [3.63, 3.8) is 0 Å². The first kappa shape index (κ1) is 10.2. The van der Waals surface area contributed by atoms with Crippen molar-refractivity contribution >= 4 is 5.91 Å². The van der Waals surface area contributed by atoms with Crippen molar-refractivity contribution in [2.45, 2.75) is 39.2 Å². The standard InChI is InChI=1S/C9H17NO/c1-5-7-9(3,4)10-8(11)6-2/h6H,2,5,7H2,1,3-4H3,(H,10,11). The van der Waals surface area contributed by atoms with E-state index in [1.54, 1.807) is 0 Å². The van der Waals surface area contributed by atoms with Crippen LogP contribution in [-0.4, -0.2) is 11.4 Å². The second kappa shape index (κ2) is 4.16. The number of nitrogens with one attached hydrogen (secondary N) is 1. The average molecular weight is 155 g/mol. The van der Waals surface area contributed by atoms with Gasteiger partial charge >= 0.3 is 0 Å². The Bertz CT molecular complexity index is 150. The number of carbonyl (C=O) groups is 1. The molecule has 0 atom stereocenters. The molecule has 0 spiro atoms. The zero-order valence-electron chi connectivity index (χ0n) is 7.61. The Hall–Kier alpha value is -0.790. The molecule has 2 nitrogen and oxygen atoms in total. The number of hydrogen-bond donors (Lipinski definition) is 1. The molecule has 0 aliphatic carbocycles. The van der Waals surface area contributed by atoms with Crippen molar-refractivity contribution in [1.29, 1.82) is 0 Å². The third kappa shape index (κ3) is 4.59. The van der Waals surface area contributed by atoms with Crippen LogP contribution in [0.1, 0.15) is 33.6 Å². The van der Waals surface area contributed by atoms with Crippen LogP contribution in [0.3, 0.4) is 0 Å². The molecule has 1 amide bonds. The quantitative estimate of drug-likeness (QED) is 0.617. The van der Waals surface area contributed by atoms with E-state index in [1.165, 1.54) is 6.08 Å². The first-order chi connectivity index (χ1) is 5.02. The Kier molecular flexibility index (Phi) is 3.86. The topological polar surface area (TPSA) is 29.1 Å². The lowest BCUT2D eigenvalue weighted by atomic mass is 9.99. The number of amides is 1. The summed E-state index contributed by atoms with van der Waals surface area (Å²) in [7, 11) is 0. The predicted molar refractivity (Wildman–Crippen MR) is 47.3 cm³/mol. The van der Waals surface area contributed by atoms with Crippen LogP contribution in [-0.2, 0) is 4.79 Å². The van der Waals surface area contributed by atoms with E-state index in [9.17, 15) is 4.79 Å². The molecule has 0 aromatic heterocycles. The molecule has 0 saturated carbocycles. The van der Waals surface area contributed by atoms with E-state index in [0.717, 1.165) is 12.8 Å². The summed E-state index contributed by atoms with van der Waals surface area (Å²) in [5.41, 5.74) is -0.0972. The smallest absolute Gasteiger partial charge is 0.243 e. The highest BCUT2D eigenvalue weighted by Gasteiger charge is 2.16. The number of hydrogen-bond acceptors (Lipinski definition) is 1. The van der Waals surface area contributed by atoms with Gasteiger partial charge in [-0.15, -0.1) is 0 Å². The van der Waals surface area contributed by atoms with Crippen LogP contribution >= 0.6 is 0 Å². The van der Waals surface area contributed by atoms with Gasteiger partial charge in [-0.3, -0.25) is 4.79 Å². The van der Waals surface area contributed by atoms with Crippen LogP contribution in [0.15, 0.2) is 12.7 Å². The Balaban J connectivity index is 3.89. The minimum atomic E-state index is -0.0972. The van der Waals surface area contributed by atoms with E-state index in [-0.39, 0.29) is 11.4 Å². The minimum absolute atomic E-state index is 0.0940. The summed E-state index contributed by atoms with van der Waals surface area (Å²) < 4.78 is 0. The van der Waals surface area contributed by atoms with Gasteiger partial charge < -0.3 is 5.32 Å². The second-order valence-electron chi connectivity index (χ2n) is 3.33. The largest absolute Gasteiger partial charge is 0.348 e. The fourth-order valence-corrected chi connectivity index (χ4v) is 1.07. The molecule has 0 rings (SSSR count). The van der Waals surface area contributed by atoms with Crippen LogP contribution in [0.2, 0.25) is 0 Å². The molecule has 0 bridgehead atoms. The molecule has 2 heteroatoms. The molecule has 0 unspecified atom stereocenters. The van der Waals surface area contributed by atoms with Crippen molar-refractivity contribution < 1.29 is 4.79 Å². The van der Waals surface area contributed by atoms with Gasteiger partial charge in [0.05, 0.1) is 0 Å². The number of carbonyl (C=O) groups excluding carboxylic acids is 1. The van der Waals surface area contributed by atoms with E-state index in [4.69, 9.17) is 0 Å². The molecular weight excluding hydrogens is 138 g/mol. The van der Waals surface area contributed by atoms with E-state index < -0.39 is 0 Å². The van der Waals surface area contributed by atoms with E-state index in [0.29, 0.717) is 0 Å². The molecule has 0 aromatic rings. The van der Waals surface area contributed by atoms with Gasteiger partial charge in [0, 0.05) is 5.54 Å². The maximum atomic E-state index is 10.9. The molecule has 0 aromatic carbocycles. The first-order valence-electron chi connectivity index (χ1n) is 3.96. The Morgan fingerprint density at radius 3 is 2.55 bits per heavy atom. The lowest BCUT2D eigenvalue weighted by Crippen LogP contribution is -2.42. The van der Waals surface area contributed by atoms with Crippen LogP contribution in [0.4, 0.5) is 0 Å². The molecule has 11 heavy (non-hydrogen) atoms. The van der Waals surface area contributed by atoms with Crippen molar-refractivity contribution in [3.05, 3.63) is 12.7 Å². The summed E-state index contributed by atoms with van der Waals surface area (Å²) in [6.07, 6.45) is 3.37. The van der Waals surface area contributed by atoms with Crippen LogP contribution in [0, 0.1) is 0 Å². The molecule has 0 fully saturated rings. The highest BCUT2D eigenvalue weighted by molar-refractivity contribution is 5.87. The molecule has 0 aliphatic rings. The zero-order valence-corrected chi connectivity index (χ0v) is 7.61. The molecular formula is C9H17NO. The molecule has 64 valence electrons. The lowest BCUT2D eigenvalue weighted by Gasteiger charge is -2.24. The van der Waals surface area contributed by atoms with Gasteiger partial charge in [0.1, 0.15) is 0 Å². The van der Waals surface area contributed by atoms with Gasteiger partial charge in [0.25, 0.3) is 0 Å². The Morgan fingerprint density at radius 2 is 2.18 bits per heavy atom. The van der Waals surface area contributed by atoms with Gasteiger partial charge in [-0.05, 0) is 26.3 Å². The average Bonchev–Trinajstić information content (AvgIpc) is 1.86. The van der Waals surface area contributed by atoms with Crippen molar-refractivity contribution in [2.75, 3.05) is 0 Å². The summed E-state index contributed by atoms with van der Waals surface area (Å²) in [5.74, 6) is -0.0940. The highest BCUT2D eigenvalue weighted by Crippen LogP contribution is 2.09. The SMILES string of the molecule is C=CC(=O)NC(C)(C)CCC. The first-order valence-corrected chi connectivity index (χ1v) is 3.96. The third-order valence-electron chi connectivity index (χ3n) is 1.52. The van der Waals surface area contributed by atoms with Gasteiger partial charge in [-0.2, -0.15) is 0 Å². The van der Waals surface area contributed by atoms with Gasteiger partial charge in [0.15, 0.2) is 0 Å². The van der Waals surface area contributed by atoms with Gasteiger partial charge in [0.2, 0.25) is 5.91 Å². The summed E-state index contributed by atoms with van der Waals surface area (Å²) in [6.45, 7) is 9.52. The molecule has 0 radical (unpaired) electrons. The fraction of sp³-hybridized carbons (Fsp3) is 0.667. The fourth-order valence-electron chi connectivity index (χ4n) is 1.07. The molecule has 0 saturated heterocycles. The van der Waals surface area contributed by atoms with Gasteiger partial charge in [-0.25, -0.2) is 0 Å². The summed E-state index contributed by atoms with van der Waals surface area (Å²) in [5, 5.41) is 2.85. The number of rotatable bonds is 4. The minimum Gasteiger partial charge on any atom is -0.348 e. The van der Waals surface area contributed by atoms with Crippen LogP contribution in [0.5, 0.6) is 0 Å². The third-order valence-corrected chi connectivity index (χ3v) is 1.52. The van der Waals surface area contributed by atoms with Crippen molar-refractivity contribution in [1.82, 2.24) is 5.32 Å². The van der Waals surface area contributed by atoms with E-state index in [2.05, 4.69) is 18.8 Å².